The Morgan fingerprint density at radius 3 is 3.11 bits per heavy atom. The zero-order chi connectivity index (χ0) is 13.2. The van der Waals surface area contributed by atoms with Crippen molar-refractivity contribution in [3.8, 4) is 0 Å². The number of hydrogen-bond acceptors (Lipinski definition) is 2. The van der Waals surface area contributed by atoms with Gasteiger partial charge in [-0.15, -0.1) is 0 Å². The molecule has 0 saturated heterocycles. The fourth-order valence-electron chi connectivity index (χ4n) is 2.77. The summed E-state index contributed by atoms with van der Waals surface area (Å²) in [6.45, 7) is 0.983. The summed E-state index contributed by atoms with van der Waals surface area (Å²) < 4.78 is 3.04. The zero-order valence-electron chi connectivity index (χ0n) is 11.1. The van der Waals surface area contributed by atoms with Crippen LogP contribution in [0.3, 0.4) is 0 Å². The molecule has 4 heteroatoms. The SMILES string of the molecule is Cn1ccc(CCNC2CCc3cc(Br)ccc32)n1. The van der Waals surface area contributed by atoms with Gasteiger partial charge in [-0.3, -0.25) is 4.68 Å². The van der Waals surface area contributed by atoms with Crippen molar-refractivity contribution in [2.45, 2.75) is 25.3 Å². The van der Waals surface area contributed by atoms with Crippen LogP contribution in [0.5, 0.6) is 0 Å². The van der Waals surface area contributed by atoms with Crippen LogP contribution in [0.15, 0.2) is 34.9 Å². The van der Waals surface area contributed by atoms with Gasteiger partial charge in [0.1, 0.15) is 0 Å². The van der Waals surface area contributed by atoms with E-state index < -0.39 is 0 Å². The van der Waals surface area contributed by atoms with Gasteiger partial charge in [0.2, 0.25) is 0 Å². The minimum absolute atomic E-state index is 0.506. The minimum Gasteiger partial charge on any atom is -0.310 e. The maximum absolute atomic E-state index is 4.40. The van der Waals surface area contributed by atoms with Gasteiger partial charge in [0.15, 0.2) is 0 Å². The highest BCUT2D eigenvalue weighted by Crippen LogP contribution is 2.32. The Bertz CT molecular complexity index is 577. The zero-order valence-corrected chi connectivity index (χ0v) is 12.7. The average molecular weight is 320 g/mol. The first-order valence-electron chi connectivity index (χ1n) is 6.72. The van der Waals surface area contributed by atoms with E-state index in [-0.39, 0.29) is 0 Å². The number of nitrogens with zero attached hydrogens (tertiary/aromatic N) is 2. The number of hydrogen-bond donors (Lipinski definition) is 1. The Labute approximate surface area is 122 Å². The van der Waals surface area contributed by atoms with Crippen molar-refractivity contribution in [3.63, 3.8) is 0 Å². The van der Waals surface area contributed by atoms with E-state index in [1.54, 1.807) is 0 Å². The van der Waals surface area contributed by atoms with Gasteiger partial charge in [-0.05, 0) is 42.2 Å². The van der Waals surface area contributed by atoms with Gasteiger partial charge in [0, 0.05) is 36.7 Å². The van der Waals surface area contributed by atoms with Crippen LogP contribution in [0.1, 0.15) is 29.3 Å². The molecule has 100 valence electrons. The van der Waals surface area contributed by atoms with Gasteiger partial charge in [-0.2, -0.15) is 5.10 Å². The maximum Gasteiger partial charge on any atom is 0.0637 e. The van der Waals surface area contributed by atoms with Gasteiger partial charge in [-0.1, -0.05) is 22.0 Å². The first-order chi connectivity index (χ1) is 9.22. The van der Waals surface area contributed by atoms with Crippen LogP contribution < -0.4 is 5.32 Å². The van der Waals surface area contributed by atoms with Crippen molar-refractivity contribution in [1.29, 1.82) is 0 Å². The van der Waals surface area contributed by atoms with E-state index in [4.69, 9.17) is 0 Å². The highest BCUT2D eigenvalue weighted by atomic mass is 79.9. The van der Waals surface area contributed by atoms with Crippen molar-refractivity contribution in [2.24, 2.45) is 7.05 Å². The van der Waals surface area contributed by atoms with Crippen molar-refractivity contribution in [1.82, 2.24) is 15.1 Å². The second-order valence-corrected chi connectivity index (χ2v) is 6.03. The van der Waals surface area contributed by atoms with Crippen LogP contribution in [0.25, 0.3) is 0 Å². The summed E-state index contributed by atoms with van der Waals surface area (Å²) in [6.07, 6.45) is 5.37. The second kappa shape index (κ2) is 5.47. The summed E-state index contributed by atoms with van der Waals surface area (Å²) >= 11 is 3.54. The normalized spacial score (nSPS) is 17.7. The van der Waals surface area contributed by atoms with Crippen molar-refractivity contribution in [2.75, 3.05) is 6.54 Å². The lowest BCUT2D eigenvalue weighted by Gasteiger charge is -2.13. The highest BCUT2D eigenvalue weighted by molar-refractivity contribution is 9.10. The molecule has 1 heterocycles. The Kier molecular flexibility index (Phi) is 3.71. The van der Waals surface area contributed by atoms with Crippen LogP contribution in [0, 0.1) is 0 Å². The van der Waals surface area contributed by atoms with Gasteiger partial charge in [-0.25, -0.2) is 0 Å². The number of nitrogens with one attached hydrogen (secondary N) is 1. The molecule has 0 amide bonds. The maximum atomic E-state index is 4.40. The molecule has 1 atom stereocenters. The molecule has 2 aromatic rings. The Morgan fingerprint density at radius 1 is 1.42 bits per heavy atom. The third kappa shape index (κ3) is 2.90. The molecule has 0 saturated carbocycles. The van der Waals surface area contributed by atoms with Crippen LogP contribution in [0.2, 0.25) is 0 Å². The molecule has 0 fully saturated rings. The number of aromatic nitrogens is 2. The second-order valence-electron chi connectivity index (χ2n) is 5.12. The fourth-order valence-corrected chi connectivity index (χ4v) is 3.18. The number of aryl methyl sites for hydroxylation is 2. The van der Waals surface area contributed by atoms with Crippen LogP contribution in [0.4, 0.5) is 0 Å². The Balaban J connectivity index is 1.58. The molecule has 1 N–H and O–H groups in total. The van der Waals surface area contributed by atoms with Crippen LogP contribution in [-0.4, -0.2) is 16.3 Å². The van der Waals surface area contributed by atoms with Gasteiger partial charge < -0.3 is 5.32 Å². The van der Waals surface area contributed by atoms with E-state index >= 15 is 0 Å². The molecule has 1 aliphatic rings. The lowest BCUT2D eigenvalue weighted by atomic mass is 10.1. The van der Waals surface area contributed by atoms with E-state index in [1.807, 2.05) is 17.9 Å². The van der Waals surface area contributed by atoms with E-state index in [0.717, 1.165) is 18.7 Å². The van der Waals surface area contributed by atoms with Gasteiger partial charge in [0.25, 0.3) is 0 Å². The molecule has 0 aliphatic heterocycles. The topological polar surface area (TPSA) is 29.9 Å². The molecule has 3 nitrogen and oxygen atoms in total. The van der Waals surface area contributed by atoms with Crippen molar-refractivity contribution in [3.05, 3.63) is 51.8 Å². The lowest BCUT2D eigenvalue weighted by molar-refractivity contribution is 0.530. The molecule has 0 spiro atoms. The molecular weight excluding hydrogens is 302 g/mol. The third-order valence-corrected chi connectivity index (χ3v) is 4.22. The first kappa shape index (κ1) is 12.9. The minimum atomic E-state index is 0.506. The van der Waals surface area contributed by atoms with E-state index in [1.165, 1.54) is 28.4 Å². The van der Waals surface area contributed by atoms with Gasteiger partial charge in [0.05, 0.1) is 5.69 Å². The van der Waals surface area contributed by atoms with Crippen LogP contribution in [-0.2, 0) is 19.9 Å². The number of fused-ring (bicyclic) bond motifs is 1. The summed E-state index contributed by atoms with van der Waals surface area (Å²) in [6, 6.07) is 9.21. The van der Waals surface area contributed by atoms with E-state index in [2.05, 4.69) is 50.6 Å². The van der Waals surface area contributed by atoms with Crippen molar-refractivity contribution < 1.29 is 0 Å². The average Bonchev–Trinajstić information content (AvgIpc) is 2.96. The quantitative estimate of drug-likeness (QED) is 0.938. The number of halogens is 1. The fraction of sp³-hybridized carbons (Fsp3) is 0.400. The standard InChI is InChI=1S/C15H18BrN3/c1-19-9-7-13(18-19)6-8-17-15-5-2-11-10-12(16)3-4-14(11)15/h3-4,7,9-10,15,17H,2,5-6,8H2,1H3. The molecule has 1 aromatic carbocycles. The molecule has 0 bridgehead atoms. The molecular formula is C15H18BrN3. The third-order valence-electron chi connectivity index (χ3n) is 3.72. The first-order valence-corrected chi connectivity index (χ1v) is 7.52. The smallest absolute Gasteiger partial charge is 0.0637 e. The summed E-state index contributed by atoms with van der Waals surface area (Å²) in [5, 5.41) is 8.05. The molecule has 1 aromatic heterocycles. The summed E-state index contributed by atoms with van der Waals surface area (Å²) in [5.74, 6) is 0. The monoisotopic (exact) mass is 319 g/mol. The lowest BCUT2D eigenvalue weighted by Crippen LogP contribution is -2.22. The molecule has 1 unspecified atom stereocenters. The molecule has 3 rings (SSSR count). The van der Waals surface area contributed by atoms with Crippen molar-refractivity contribution >= 4 is 15.9 Å². The Hall–Kier alpha value is -1.13. The highest BCUT2D eigenvalue weighted by Gasteiger charge is 2.21. The molecule has 1 aliphatic carbocycles. The van der Waals surface area contributed by atoms with E-state index in [9.17, 15) is 0 Å². The number of benzene rings is 1. The molecule has 0 radical (unpaired) electrons. The molecule has 19 heavy (non-hydrogen) atoms. The summed E-state index contributed by atoms with van der Waals surface area (Å²) in [5.41, 5.74) is 4.10. The van der Waals surface area contributed by atoms with Gasteiger partial charge >= 0.3 is 0 Å². The summed E-state index contributed by atoms with van der Waals surface area (Å²) in [7, 11) is 1.96. The number of rotatable bonds is 4. The predicted molar refractivity (Wildman–Crippen MR) is 80.1 cm³/mol. The predicted octanol–water partition coefficient (Wildman–Crippen LogP) is 3.00. The Morgan fingerprint density at radius 2 is 2.32 bits per heavy atom. The summed E-state index contributed by atoms with van der Waals surface area (Å²) in [4.78, 5) is 0. The van der Waals surface area contributed by atoms with E-state index in [0.29, 0.717) is 6.04 Å². The largest absolute Gasteiger partial charge is 0.310 e. The van der Waals surface area contributed by atoms with Crippen LogP contribution >= 0.6 is 15.9 Å².